The Morgan fingerprint density at radius 1 is 1.00 bits per heavy atom. The highest BCUT2D eigenvalue weighted by Gasteiger charge is 2.10. The van der Waals surface area contributed by atoms with Crippen molar-refractivity contribution in [2.75, 3.05) is 6.61 Å². The van der Waals surface area contributed by atoms with E-state index in [1.54, 1.807) is 6.20 Å². The molecule has 0 aliphatic heterocycles. The van der Waals surface area contributed by atoms with E-state index in [2.05, 4.69) is 15.8 Å². The Hall–Kier alpha value is -3.61. The molecule has 2 N–H and O–H groups in total. The van der Waals surface area contributed by atoms with Crippen molar-refractivity contribution in [2.45, 2.75) is 26.2 Å². The summed E-state index contributed by atoms with van der Waals surface area (Å²) in [7, 11) is 0. The van der Waals surface area contributed by atoms with Crippen LogP contribution in [-0.4, -0.2) is 23.4 Å². The molecule has 0 saturated heterocycles. The summed E-state index contributed by atoms with van der Waals surface area (Å²) >= 11 is 0. The van der Waals surface area contributed by atoms with Crippen LogP contribution in [0.15, 0.2) is 65.2 Å². The monoisotopic (exact) mass is 393 g/mol. The average Bonchev–Trinajstić information content (AvgIpc) is 3.24. The summed E-state index contributed by atoms with van der Waals surface area (Å²) in [4.78, 5) is 28.0. The molecule has 3 rings (SSSR count). The van der Waals surface area contributed by atoms with E-state index in [4.69, 9.17) is 9.15 Å². The van der Waals surface area contributed by atoms with Crippen molar-refractivity contribution in [1.29, 1.82) is 0 Å². The van der Waals surface area contributed by atoms with E-state index in [9.17, 15) is 9.59 Å². The Balaban J connectivity index is 1.39. The zero-order valence-electron chi connectivity index (χ0n) is 16.2. The third kappa shape index (κ3) is 5.93. The minimum absolute atomic E-state index is 0.133. The highest BCUT2D eigenvalue weighted by Crippen LogP contribution is 2.20. The number of hydrogen-bond donors (Lipinski definition) is 2. The van der Waals surface area contributed by atoms with E-state index in [0.29, 0.717) is 23.8 Å². The van der Waals surface area contributed by atoms with Crippen LogP contribution >= 0.6 is 0 Å². The number of aryl methyl sites for hydroxylation is 2. The number of carbonyl (C=O) groups is 2. The molecule has 150 valence electrons. The summed E-state index contributed by atoms with van der Waals surface area (Å²) in [6.45, 7) is 1.83. The van der Waals surface area contributed by atoms with Gasteiger partial charge in [-0.25, -0.2) is 4.98 Å². The van der Waals surface area contributed by atoms with Gasteiger partial charge >= 0.3 is 0 Å². The van der Waals surface area contributed by atoms with E-state index in [1.165, 1.54) is 0 Å². The molecule has 1 heterocycles. The summed E-state index contributed by atoms with van der Waals surface area (Å²) in [6.07, 6.45) is 2.90. The van der Waals surface area contributed by atoms with Crippen molar-refractivity contribution < 1.29 is 18.7 Å². The smallest absolute Gasteiger partial charge is 0.276 e. The molecule has 0 aliphatic carbocycles. The normalized spacial score (nSPS) is 10.4. The van der Waals surface area contributed by atoms with Gasteiger partial charge in [0.2, 0.25) is 5.91 Å². The van der Waals surface area contributed by atoms with E-state index in [1.807, 2.05) is 61.5 Å². The molecule has 2 aromatic carbocycles. The van der Waals surface area contributed by atoms with Gasteiger partial charge in [0, 0.05) is 18.4 Å². The molecular weight excluding hydrogens is 370 g/mol. The van der Waals surface area contributed by atoms with Crippen LogP contribution in [0.3, 0.4) is 0 Å². The number of aromatic nitrogens is 1. The molecule has 0 radical (unpaired) electrons. The van der Waals surface area contributed by atoms with Crippen molar-refractivity contribution >= 4 is 11.8 Å². The molecule has 29 heavy (non-hydrogen) atoms. The van der Waals surface area contributed by atoms with Gasteiger partial charge in [0.15, 0.2) is 18.3 Å². The van der Waals surface area contributed by atoms with Crippen LogP contribution in [0.4, 0.5) is 0 Å². The minimum atomic E-state index is -0.438. The molecule has 0 spiro atoms. The Kier molecular flexibility index (Phi) is 7.00. The molecule has 0 fully saturated rings. The van der Waals surface area contributed by atoms with Gasteiger partial charge in [0.05, 0.1) is 6.20 Å². The minimum Gasteiger partial charge on any atom is -0.483 e. The maximum absolute atomic E-state index is 11.9. The molecule has 0 atom stereocenters. The van der Waals surface area contributed by atoms with Gasteiger partial charge in [-0.2, -0.15) is 0 Å². The van der Waals surface area contributed by atoms with E-state index < -0.39 is 5.91 Å². The Bertz CT molecular complexity index is 953. The number of carbonyl (C=O) groups excluding carboxylic acids is 2. The van der Waals surface area contributed by atoms with Gasteiger partial charge < -0.3 is 9.15 Å². The predicted molar refractivity (Wildman–Crippen MR) is 108 cm³/mol. The van der Waals surface area contributed by atoms with Crippen LogP contribution in [0, 0.1) is 0 Å². The van der Waals surface area contributed by atoms with E-state index >= 15 is 0 Å². The lowest BCUT2D eigenvalue weighted by Gasteiger charge is -2.11. The maximum atomic E-state index is 11.9. The van der Waals surface area contributed by atoms with Crippen molar-refractivity contribution in [2.24, 2.45) is 0 Å². The average molecular weight is 393 g/mol. The van der Waals surface area contributed by atoms with Crippen LogP contribution < -0.4 is 15.6 Å². The largest absolute Gasteiger partial charge is 0.483 e. The molecule has 2 amide bonds. The second-order valence-electron chi connectivity index (χ2n) is 6.33. The zero-order chi connectivity index (χ0) is 20.5. The molecule has 0 aliphatic rings. The summed E-state index contributed by atoms with van der Waals surface area (Å²) in [5.74, 6) is 0.997. The number of ether oxygens (including phenoxy) is 1. The number of rotatable bonds is 8. The third-order valence-electron chi connectivity index (χ3n) is 4.23. The third-order valence-corrected chi connectivity index (χ3v) is 4.23. The molecule has 0 unspecified atom stereocenters. The highest BCUT2D eigenvalue weighted by atomic mass is 16.5. The fourth-order valence-corrected chi connectivity index (χ4v) is 2.70. The first kappa shape index (κ1) is 20.1. The summed E-state index contributed by atoms with van der Waals surface area (Å²) < 4.78 is 11.2. The van der Waals surface area contributed by atoms with E-state index in [-0.39, 0.29) is 18.9 Å². The summed E-state index contributed by atoms with van der Waals surface area (Å²) in [5.41, 5.74) is 6.65. The van der Waals surface area contributed by atoms with Crippen LogP contribution in [0.1, 0.15) is 24.8 Å². The fourth-order valence-electron chi connectivity index (χ4n) is 2.70. The standard InChI is InChI=1S/C22H23N3O4/c1-2-16-8-6-7-11-18(16)28-15-21(27)25-24-20(26)12-13-22-23-14-19(29-22)17-9-4-3-5-10-17/h3-11,14H,2,12-13,15H2,1H3,(H,24,26)(H,25,27). The summed E-state index contributed by atoms with van der Waals surface area (Å²) in [6, 6.07) is 17.1. The molecule has 7 heteroatoms. The SMILES string of the molecule is CCc1ccccc1OCC(=O)NNC(=O)CCc1ncc(-c2ccccc2)o1. The van der Waals surface area contributed by atoms with Gasteiger partial charge in [0.1, 0.15) is 5.75 Å². The maximum Gasteiger partial charge on any atom is 0.276 e. The van der Waals surface area contributed by atoms with Gasteiger partial charge in [0.25, 0.3) is 5.91 Å². The first-order valence-corrected chi connectivity index (χ1v) is 9.44. The summed E-state index contributed by atoms with van der Waals surface area (Å²) in [5, 5.41) is 0. The number of amides is 2. The van der Waals surface area contributed by atoms with Crippen LogP contribution in [0.25, 0.3) is 11.3 Å². The number of nitrogens with one attached hydrogen (secondary N) is 2. The van der Waals surface area contributed by atoms with E-state index in [0.717, 1.165) is 17.5 Å². The molecule has 7 nitrogen and oxygen atoms in total. The van der Waals surface area contributed by atoms with Crippen molar-refractivity contribution in [3.63, 3.8) is 0 Å². The molecule has 0 saturated carbocycles. The zero-order valence-corrected chi connectivity index (χ0v) is 16.2. The van der Waals surface area contributed by atoms with Crippen molar-refractivity contribution in [3.05, 3.63) is 72.2 Å². The Morgan fingerprint density at radius 3 is 2.52 bits per heavy atom. The second-order valence-corrected chi connectivity index (χ2v) is 6.33. The predicted octanol–water partition coefficient (Wildman–Crippen LogP) is 3.06. The lowest BCUT2D eigenvalue weighted by atomic mass is 10.1. The number of hydrazine groups is 1. The van der Waals surface area contributed by atoms with Gasteiger partial charge in [-0.1, -0.05) is 55.5 Å². The molecule has 0 bridgehead atoms. The number of oxazole rings is 1. The lowest BCUT2D eigenvalue weighted by molar-refractivity contribution is -0.130. The number of nitrogens with zero attached hydrogens (tertiary/aromatic N) is 1. The number of benzene rings is 2. The second kappa shape index (κ2) is 10.1. The fraction of sp³-hybridized carbons (Fsp3) is 0.227. The highest BCUT2D eigenvalue weighted by molar-refractivity contribution is 5.82. The molecule has 1 aromatic heterocycles. The first-order chi connectivity index (χ1) is 14.2. The van der Waals surface area contributed by atoms with Crippen LogP contribution in [0.5, 0.6) is 5.75 Å². The molecule has 3 aromatic rings. The Labute approximate surface area is 169 Å². The van der Waals surface area contributed by atoms with Crippen molar-refractivity contribution in [1.82, 2.24) is 15.8 Å². The van der Waals surface area contributed by atoms with Crippen molar-refractivity contribution in [3.8, 4) is 17.1 Å². The number of hydrogen-bond acceptors (Lipinski definition) is 5. The molecular formula is C22H23N3O4. The van der Waals surface area contributed by atoms with Gasteiger partial charge in [-0.05, 0) is 18.1 Å². The van der Waals surface area contributed by atoms with Crippen LogP contribution in [0.2, 0.25) is 0 Å². The van der Waals surface area contributed by atoms with Crippen LogP contribution in [-0.2, 0) is 22.4 Å². The lowest BCUT2D eigenvalue weighted by Crippen LogP contribution is -2.43. The Morgan fingerprint density at radius 2 is 1.72 bits per heavy atom. The first-order valence-electron chi connectivity index (χ1n) is 9.44. The van der Waals surface area contributed by atoms with Gasteiger partial charge in [-0.15, -0.1) is 0 Å². The number of para-hydroxylation sites is 1. The quantitative estimate of drug-likeness (QED) is 0.574. The van der Waals surface area contributed by atoms with Gasteiger partial charge in [-0.3, -0.25) is 20.4 Å². The topological polar surface area (TPSA) is 93.5 Å².